The molecule has 3 aromatic carbocycles. The van der Waals surface area contributed by atoms with Gasteiger partial charge in [-0.1, -0.05) is 42.5 Å². The maximum absolute atomic E-state index is 13.7. The van der Waals surface area contributed by atoms with Crippen LogP contribution in [0.25, 0.3) is 0 Å². The van der Waals surface area contributed by atoms with Crippen LogP contribution >= 0.6 is 0 Å². The van der Waals surface area contributed by atoms with Gasteiger partial charge in [0.25, 0.3) is 11.8 Å². The molecule has 3 aromatic rings. The molecule has 0 aliphatic carbocycles. The molecule has 1 N–H and O–H groups in total. The minimum absolute atomic E-state index is 0.0903. The summed E-state index contributed by atoms with van der Waals surface area (Å²) in [6.45, 7) is 3.38. The van der Waals surface area contributed by atoms with Crippen LogP contribution in [0.5, 0.6) is 0 Å². The van der Waals surface area contributed by atoms with Crippen LogP contribution in [-0.2, 0) is 22.1 Å². The van der Waals surface area contributed by atoms with Crippen molar-refractivity contribution in [1.29, 1.82) is 0 Å². The minimum atomic E-state index is -1.59. The topological polar surface area (TPSA) is 96.0 Å². The lowest BCUT2D eigenvalue weighted by molar-refractivity contribution is 0.0858. The first-order chi connectivity index (χ1) is 18.5. The highest BCUT2D eigenvalue weighted by Crippen LogP contribution is 2.36. The molecule has 0 aromatic heterocycles. The zero-order chi connectivity index (χ0) is 26.6. The molecule has 38 heavy (non-hydrogen) atoms. The highest BCUT2D eigenvalue weighted by molar-refractivity contribution is 7.85. The summed E-state index contributed by atoms with van der Waals surface area (Å²) >= 11 is 0. The number of nitrogens with zero attached hydrogens (tertiary/aromatic N) is 2. The first kappa shape index (κ1) is 25.7. The van der Waals surface area contributed by atoms with E-state index in [1.54, 1.807) is 59.2 Å². The number of piperidine rings is 1. The van der Waals surface area contributed by atoms with E-state index in [9.17, 15) is 18.6 Å². The monoisotopic (exact) mass is 531 g/mol. The largest absolute Gasteiger partial charge is 0.450 e. The molecule has 0 spiro atoms. The number of benzene rings is 3. The Hall–Kier alpha value is -3.98. The number of nitrogens with one attached hydrogen (secondary N) is 1. The fourth-order valence-electron chi connectivity index (χ4n) is 4.82. The number of likely N-dealkylation sites (tertiary alicyclic amines) is 1. The Morgan fingerprint density at radius 3 is 2.42 bits per heavy atom. The SMILES string of the molecule is CCOC(=O)N1CCC(NC(=O)c2ccc3c(c2)N(Cc2ccccc2)C(=O)c2ccccc2[S@@]3=O)CC1. The quantitative estimate of drug-likeness (QED) is 0.528. The number of anilines is 1. The molecule has 5 rings (SSSR count). The van der Waals surface area contributed by atoms with Gasteiger partial charge < -0.3 is 19.9 Å². The average Bonchev–Trinajstić information content (AvgIpc) is 3.03. The second kappa shape index (κ2) is 11.2. The summed E-state index contributed by atoms with van der Waals surface area (Å²) in [7, 11) is -1.59. The number of carbonyl (C=O) groups is 3. The van der Waals surface area contributed by atoms with Gasteiger partial charge in [-0.2, -0.15) is 0 Å². The van der Waals surface area contributed by atoms with Crippen molar-refractivity contribution < 1.29 is 23.3 Å². The molecule has 1 atom stereocenters. The van der Waals surface area contributed by atoms with E-state index >= 15 is 0 Å². The molecule has 2 aliphatic heterocycles. The van der Waals surface area contributed by atoms with Gasteiger partial charge in [0.05, 0.1) is 45.0 Å². The lowest BCUT2D eigenvalue weighted by atomic mass is 10.0. The summed E-state index contributed by atoms with van der Waals surface area (Å²) in [6.07, 6.45) is 0.904. The molecule has 2 heterocycles. The van der Waals surface area contributed by atoms with E-state index in [-0.39, 0.29) is 30.5 Å². The highest BCUT2D eigenvalue weighted by atomic mass is 32.2. The zero-order valence-corrected chi connectivity index (χ0v) is 21.9. The smallest absolute Gasteiger partial charge is 0.409 e. The summed E-state index contributed by atoms with van der Waals surface area (Å²) in [5, 5.41) is 3.06. The van der Waals surface area contributed by atoms with Gasteiger partial charge in [-0.05, 0) is 55.7 Å². The van der Waals surface area contributed by atoms with Gasteiger partial charge in [-0.15, -0.1) is 0 Å². The first-order valence-corrected chi connectivity index (χ1v) is 13.8. The van der Waals surface area contributed by atoms with Crippen LogP contribution < -0.4 is 10.2 Å². The Kier molecular flexibility index (Phi) is 7.55. The lowest BCUT2D eigenvalue weighted by Crippen LogP contribution is -2.46. The molecular weight excluding hydrogens is 502 g/mol. The molecule has 196 valence electrons. The van der Waals surface area contributed by atoms with Crippen LogP contribution in [0, 0.1) is 0 Å². The summed E-state index contributed by atoms with van der Waals surface area (Å²) < 4.78 is 18.7. The van der Waals surface area contributed by atoms with Crippen LogP contribution in [0.3, 0.4) is 0 Å². The van der Waals surface area contributed by atoms with Gasteiger partial charge in [0.2, 0.25) is 0 Å². The summed E-state index contributed by atoms with van der Waals surface area (Å²) in [5.74, 6) is -0.539. The summed E-state index contributed by atoms with van der Waals surface area (Å²) in [6, 6.07) is 21.4. The van der Waals surface area contributed by atoms with Crippen molar-refractivity contribution in [2.24, 2.45) is 0 Å². The van der Waals surface area contributed by atoms with Gasteiger partial charge in [0, 0.05) is 24.7 Å². The molecule has 9 heteroatoms. The predicted octanol–water partition coefficient (Wildman–Crippen LogP) is 4.36. The van der Waals surface area contributed by atoms with Gasteiger partial charge in [-0.3, -0.25) is 9.59 Å². The molecule has 0 radical (unpaired) electrons. The van der Waals surface area contributed by atoms with Gasteiger partial charge in [0.15, 0.2) is 0 Å². The summed E-state index contributed by atoms with van der Waals surface area (Å²) in [4.78, 5) is 43.1. The van der Waals surface area contributed by atoms with E-state index in [4.69, 9.17) is 4.74 Å². The molecule has 1 saturated heterocycles. The Bertz CT molecular complexity index is 1390. The summed E-state index contributed by atoms with van der Waals surface area (Å²) in [5.41, 5.74) is 2.14. The van der Waals surface area contributed by atoms with E-state index < -0.39 is 10.8 Å². The van der Waals surface area contributed by atoms with Crippen molar-refractivity contribution in [2.45, 2.75) is 42.1 Å². The number of hydrogen-bond acceptors (Lipinski definition) is 5. The molecule has 2 aliphatic rings. The zero-order valence-electron chi connectivity index (χ0n) is 21.1. The maximum atomic E-state index is 13.7. The fraction of sp³-hybridized carbons (Fsp3) is 0.276. The number of ether oxygens (including phenoxy) is 1. The molecule has 0 saturated carbocycles. The molecular formula is C29H29N3O5S. The Labute approximate surface area is 224 Å². The maximum Gasteiger partial charge on any atom is 0.409 e. The highest BCUT2D eigenvalue weighted by Gasteiger charge is 2.32. The van der Waals surface area contributed by atoms with Crippen molar-refractivity contribution in [3.63, 3.8) is 0 Å². The van der Waals surface area contributed by atoms with Crippen molar-refractivity contribution in [3.8, 4) is 0 Å². The van der Waals surface area contributed by atoms with Crippen LogP contribution in [0.15, 0.2) is 82.6 Å². The average molecular weight is 532 g/mol. The number of carbonyl (C=O) groups excluding carboxylic acids is 3. The number of hydrogen-bond donors (Lipinski definition) is 1. The van der Waals surface area contributed by atoms with Crippen LogP contribution in [-0.4, -0.2) is 52.8 Å². The Balaban J connectivity index is 1.42. The third-order valence-electron chi connectivity index (χ3n) is 6.81. The lowest BCUT2D eigenvalue weighted by Gasteiger charge is -2.31. The predicted molar refractivity (Wildman–Crippen MR) is 144 cm³/mol. The molecule has 0 unspecified atom stereocenters. The van der Waals surface area contributed by atoms with Gasteiger partial charge in [0.1, 0.15) is 0 Å². The van der Waals surface area contributed by atoms with Crippen LogP contribution in [0.1, 0.15) is 46.0 Å². The third-order valence-corrected chi connectivity index (χ3v) is 8.31. The molecule has 8 nitrogen and oxygen atoms in total. The van der Waals surface area contributed by atoms with E-state index in [1.165, 1.54) is 0 Å². The third kappa shape index (κ3) is 5.19. The normalized spacial score (nSPS) is 17.3. The van der Waals surface area contributed by atoms with Crippen molar-refractivity contribution >= 4 is 34.4 Å². The Morgan fingerprint density at radius 2 is 1.68 bits per heavy atom. The standard InChI is InChI=1S/C29H29N3O5S/c1-2-37-29(35)31-16-14-22(15-17-31)30-27(33)21-12-13-26-24(18-21)32(19-20-8-4-3-5-9-20)28(34)23-10-6-7-11-25(23)38(26)36/h3-13,18,22H,2,14-17,19H2,1H3,(H,30,33)/t38-/m0/s1. The van der Waals surface area contributed by atoms with Gasteiger partial charge in [-0.25, -0.2) is 9.00 Å². The fourth-order valence-corrected chi connectivity index (χ4v) is 6.16. The van der Waals surface area contributed by atoms with Crippen LogP contribution in [0.2, 0.25) is 0 Å². The first-order valence-electron chi connectivity index (χ1n) is 12.7. The minimum Gasteiger partial charge on any atom is -0.450 e. The van der Waals surface area contributed by atoms with E-state index in [2.05, 4.69) is 5.32 Å². The van der Waals surface area contributed by atoms with E-state index in [1.807, 2.05) is 30.3 Å². The number of amides is 3. The molecule has 3 amide bonds. The van der Waals surface area contributed by atoms with Crippen molar-refractivity contribution in [3.05, 3.63) is 89.5 Å². The second-order valence-corrected chi connectivity index (χ2v) is 10.7. The number of rotatable bonds is 5. The van der Waals surface area contributed by atoms with Crippen LogP contribution in [0.4, 0.5) is 10.5 Å². The van der Waals surface area contributed by atoms with E-state index in [0.717, 1.165) is 5.56 Å². The van der Waals surface area contributed by atoms with Crippen molar-refractivity contribution in [2.75, 3.05) is 24.6 Å². The number of fused-ring (bicyclic) bond motifs is 2. The second-order valence-electron chi connectivity index (χ2n) is 9.26. The molecule has 1 fully saturated rings. The molecule has 0 bridgehead atoms. The van der Waals surface area contributed by atoms with Gasteiger partial charge >= 0.3 is 6.09 Å². The van der Waals surface area contributed by atoms with Crippen molar-refractivity contribution in [1.82, 2.24) is 10.2 Å². The van der Waals surface area contributed by atoms with E-state index in [0.29, 0.717) is 59.1 Å². The Morgan fingerprint density at radius 1 is 0.974 bits per heavy atom.